The number of oxime groups is 1. The Labute approximate surface area is 79.5 Å². The number of hydrogen-bond acceptors (Lipinski definition) is 3. The van der Waals surface area contributed by atoms with E-state index in [4.69, 9.17) is 10.9 Å². The summed E-state index contributed by atoms with van der Waals surface area (Å²) >= 11 is 0. The molecule has 0 bridgehead atoms. The van der Waals surface area contributed by atoms with Crippen molar-refractivity contribution in [1.29, 1.82) is 0 Å². The van der Waals surface area contributed by atoms with Crippen molar-refractivity contribution in [2.75, 3.05) is 6.61 Å². The van der Waals surface area contributed by atoms with E-state index in [1.807, 2.05) is 0 Å². The Morgan fingerprint density at radius 2 is 2.14 bits per heavy atom. The van der Waals surface area contributed by atoms with Crippen molar-refractivity contribution < 1.29 is 23.1 Å². The highest BCUT2D eigenvalue weighted by atomic mass is 19.4. The molecule has 0 rings (SSSR count). The Morgan fingerprint density at radius 1 is 1.57 bits per heavy atom. The van der Waals surface area contributed by atoms with E-state index in [1.54, 1.807) is 0 Å². The quantitative estimate of drug-likeness (QED) is 0.239. The number of ether oxygens (including phenoxy) is 1. The normalized spacial score (nSPS) is 15.6. The fourth-order valence-corrected chi connectivity index (χ4v) is 0.658. The zero-order chi connectivity index (χ0) is 11.2. The molecule has 0 aromatic rings. The van der Waals surface area contributed by atoms with Crippen LogP contribution in [0.5, 0.6) is 0 Å². The van der Waals surface area contributed by atoms with Gasteiger partial charge in [0.15, 0.2) is 6.10 Å². The Kier molecular flexibility index (Phi) is 5.29. The molecule has 7 heteroatoms. The third kappa shape index (κ3) is 5.63. The number of amidine groups is 1. The van der Waals surface area contributed by atoms with Gasteiger partial charge in [-0.25, -0.2) is 0 Å². The predicted molar refractivity (Wildman–Crippen MR) is 44.1 cm³/mol. The molecule has 1 unspecified atom stereocenters. The van der Waals surface area contributed by atoms with E-state index in [9.17, 15) is 13.2 Å². The van der Waals surface area contributed by atoms with Crippen LogP contribution in [0.2, 0.25) is 0 Å². The van der Waals surface area contributed by atoms with Crippen molar-refractivity contribution in [2.45, 2.75) is 32.0 Å². The minimum atomic E-state index is -4.34. The molecule has 0 aromatic carbocycles. The van der Waals surface area contributed by atoms with E-state index in [-0.39, 0.29) is 25.3 Å². The highest BCUT2D eigenvalue weighted by Crippen LogP contribution is 2.22. The van der Waals surface area contributed by atoms with E-state index in [1.165, 1.54) is 0 Å². The molecule has 0 saturated carbocycles. The van der Waals surface area contributed by atoms with Crippen LogP contribution in [0, 0.1) is 0 Å². The van der Waals surface area contributed by atoms with Gasteiger partial charge in [-0.1, -0.05) is 5.16 Å². The molecule has 0 aliphatic carbocycles. The molecular weight excluding hydrogens is 201 g/mol. The summed E-state index contributed by atoms with van der Waals surface area (Å²) in [5.74, 6) is -0.0201. The number of hydrogen-bond donors (Lipinski definition) is 2. The first-order valence-electron chi connectivity index (χ1n) is 4.02. The lowest BCUT2D eigenvalue weighted by Gasteiger charge is -2.15. The van der Waals surface area contributed by atoms with Gasteiger partial charge in [0.25, 0.3) is 0 Å². The molecular formula is C7H13F3N2O2. The van der Waals surface area contributed by atoms with Crippen molar-refractivity contribution in [1.82, 2.24) is 0 Å². The summed E-state index contributed by atoms with van der Waals surface area (Å²) in [4.78, 5) is 0. The second-order valence-corrected chi connectivity index (χ2v) is 2.75. The molecule has 0 aromatic heterocycles. The van der Waals surface area contributed by atoms with Crippen LogP contribution >= 0.6 is 0 Å². The summed E-state index contributed by atoms with van der Waals surface area (Å²) in [6.45, 7) is 0.861. The standard InChI is InChI=1S/C7H13F3N2O2/c1-5(7(8,9)10)14-4-2-3-6(11)12-13/h5,13H,2-4H2,1H3,(H2,11,12). The molecule has 0 radical (unpaired) electrons. The summed E-state index contributed by atoms with van der Waals surface area (Å²) in [5, 5.41) is 10.8. The van der Waals surface area contributed by atoms with Gasteiger partial charge >= 0.3 is 6.18 Å². The van der Waals surface area contributed by atoms with E-state index < -0.39 is 12.3 Å². The van der Waals surface area contributed by atoms with Gasteiger partial charge in [0, 0.05) is 13.0 Å². The lowest BCUT2D eigenvalue weighted by Crippen LogP contribution is -2.29. The summed E-state index contributed by atoms with van der Waals surface area (Å²) in [5.41, 5.74) is 5.10. The van der Waals surface area contributed by atoms with Crippen molar-refractivity contribution in [3.63, 3.8) is 0 Å². The third-order valence-corrected chi connectivity index (χ3v) is 1.53. The van der Waals surface area contributed by atoms with Crippen LogP contribution in [0.3, 0.4) is 0 Å². The minimum Gasteiger partial charge on any atom is -0.409 e. The molecule has 14 heavy (non-hydrogen) atoms. The van der Waals surface area contributed by atoms with Crippen molar-refractivity contribution >= 4 is 5.84 Å². The molecule has 0 spiro atoms. The maximum atomic E-state index is 11.9. The van der Waals surface area contributed by atoms with Crippen molar-refractivity contribution in [3.05, 3.63) is 0 Å². The van der Waals surface area contributed by atoms with Gasteiger partial charge in [-0.05, 0) is 13.3 Å². The van der Waals surface area contributed by atoms with Crippen LogP contribution in [-0.2, 0) is 4.74 Å². The van der Waals surface area contributed by atoms with E-state index >= 15 is 0 Å². The smallest absolute Gasteiger partial charge is 0.409 e. The van der Waals surface area contributed by atoms with E-state index in [0.717, 1.165) is 6.92 Å². The lowest BCUT2D eigenvalue weighted by atomic mass is 10.3. The average Bonchev–Trinajstić information content (AvgIpc) is 2.09. The van der Waals surface area contributed by atoms with Gasteiger partial charge in [-0.2, -0.15) is 13.2 Å². The molecule has 0 aliphatic heterocycles. The summed E-state index contributed by atoms with van der Waals surface area (Å²) in [6.07, 6.45) is -5.62. The summed E-state index contributed by atoms with van der Waals surface area (Å²) in [7, 11) is 0. The molecule has 3 N–H and O–H groups in total. The fourth-order valence-electron chi connectivity index (χ4n) is 0.658. The molecule has 1 atom stereocenters. The van der Waals surface area contributed by atoms with Gasteiger partial charge in [0.1, 0.15) is 5.84 Å². The molecule has 0 heterocycles. The second kappa shape index (κ2) is 5.69. The molecule has 0 aliphatic rings. The third-order valence-electron chi connectivity index (χ3n) is 1.53. The van der Waals surface area contributed by atoms with Gasteiger partial charge < -0.3 is 15.7 Å². The number of nitrogens with two attached hydrogens (primary N) is 1. The molecule has 84 valence electrons. The fraction of sp³-hybridized carbons (Fsp3) is 0.857. The SMILES string of the molecule is CC(OCCCC(N)=NO)C(F)(F)F. The predicted octanol–water partition coefficient (Wildman–Crippen LogP) is 1.48. The van der Waals surface area contributed by atoms with Crippen molar-refractivity contribution in [3.8, 4) is 0 Å². The van der Waals surface area contributed by atoms with E-state index in [0.29, 0.717) is 0 Å². The summed E-state index contributed by atoms with van der Waals surface area (Å²) < 4.78 is 40.1. The Hall–Kier alpha value is -0.980. The Bertz CT molecular complexity index is 194. The van der Waals surface area contributed by atoms with Gasteiger partial charge in [0.2, 0.25) is 0 Å². The number of rotatable bonds is 5. The topological polar surface area (TPSA) is 67.8 Å². The molecule has 0 fully saturated rings. The van der Waals surface area contributed by atoms with Crippen LogP contribution in [0.25, 0.3) is 0 Å². The molecule has 0 amide bonds. The summed E-state index contributed by atoms with van der Waals surface area (Å²) in [6, 6.07) is 0. The van der Waals surface area contributed by atoms with Crippen LogP contribution in [0.4, 0.5) is 13.2 Å². The van der Waals surface area contributed by atoms with Crippen LogP contribution in [0.15, 0.2) is 5.16 Å². The van der Waals surface area contributed by atoms with Crippen LogP contribution < -0.4 is 5.73 Å². The van der Waals surface area contributed by atoms with Crippen LogP contribution in [-0.4, -0.2) is 29.9 Å². The van der Waals surface area contributed by atoms with Gasteiger partial charge in [-0.3, -0.25) is 0 Å². The monoisotopic (exact) mass is 214 g/mol. The van der Waals surface area contributed by atoms with Crippen molar-refractivity contribution in [2.24, 2.45) is 10.9 Å². The van der Waals surface area contributed by atoms with E-state index in [2.05, 4.69) is 9.89 Å². The highest BCUT2D eigenvalue weighted by Gasteiger charge is 2.36. The largest absolute Gasteiger partial charge is 0.414 e. The van der Waals surface area contributed by atoms with Gasteiger partial charge in [-0.15, -0.1) is 0 Å². The number of halogens is 3. The first kappa shape index (κ1) is 13.0. The minimum absolute atomic E-state index is 0.0201. The van der Waals surface area contributed by atoms with Crippen LogP contribution in [0.1, 0.15) is 19.8 Å². The zero-order valence-electron chi connectivity index (χ0n) is 7.71. The molecule has 0 saturated heterocycles. The van der Waals surface area contributed by atoms with Gasteiger partial charge in [0.05, 0.1) is 0 Å². The lowest BCUT2D eigenvalue weighted by molar-refractivity contribution is -0.214. The second-order valence-electron chi connectivity index (χ2n) is 2.75. The first-order valence-corrected chi connectivity index (χ1v) is 4.02. The maximum Gasteiger partial charge on any atom is 0.414 e. The Balaban J connectivity index is 3.56. The molecule has 4 nitrogen and oxygen atoms in total. The average molecular weight is 214 g/mol. The zero-order valence-corrected chi connectivity index (χ0v) is 7.71. The number of nitrogens with zero attached hydrogens (tertiary/aromatic N) is 1. The Morgan fingerprint density at radius 3 is 2.57 bits per heavy atom. The first-order chi connectivity index (χ1) is 6.38. The maximum absolute atomic E-state index is 11.9. The highest BCUT2D eigenvalue weighted by molar-refractivity contribution is 5.79. The number of alkyl halides is 3.